The number of anilines is 1. The van der Waals surface area contributed by atoms with E-state index in [0.717, 1.165) is 31.4 Å². The smallest absolute Gasteiger partial charge is 0.243 e. The van der Waals surface area contributed by atoms with Crippen LogP contribution in [0.25, 0.3) is 0 Å². The summed E-state index contributed by atoms with van der Waals surface area (Å²) in [6, 6.07) is 15.0. The Hall–Kier alpha value is -2.38. The van der Waals surface area contributed by atoms with Gasteiger partial charge in [0.1, 0.15) is 0 Å². The van der Waals surface area contributed by atoms with Crippen LogP contribution in [-0.2, 0) is 22.9 Å². The number of benzene rings is 2. The molecule has 0 radical (unpaired) electrons. The third-order valence-corrected chi connectivity index (χ3v) is 8.05. The minimum Gasteiger partial charge on any atom is -0.370 e. The molecule has 2 aliphatic rings. The van der Waals surface area contributed by atoms with Crippen LogP contribution in [0.2, 0.25) is 0 Å². The van der Waals surface area contributed by atoms with Gasteiger partial charge in [0.15, 0.2) is 5.96 Å². The Morgan fingerprint density at radius 1 is 1.03 bits per heavy atom. The van der Waals surface area contributed by atoms with Crippen molar-refractivity contribution in [3.05, 3.63) is 59.7 Å². The average Bonchev–Trinajstić information content (AvgIpc) is 2.79. The number of hydrogen-bond acceptors (Lipinski definition) is 3. The third-order valence-electron chi connectivity index (χ3n) is 6.13. The van der Waals surface area contributed by atoms with Gasteiger partial charge in [-0.05, 0) is 73.8 Å². The molecule has 0 saturated carbocycles. The highest BCUT2D eigenvalue weighted by atomic mass is 32.2. The molecule has 2 aromatic carbocycles. The summed E-state index contributed by atoms with van der Waals surface area (Å²) < 4.78 is 27.1. The van der Waals surface area contributed by atoms with Gasteiger partial charge in [-0.15, -0.1) is 0 Å². The van der Waals surface area contributed by atoms with Crippen molar-refractivity contribution < 1.29 is 8.42 Å². The quantitative estimate of drug-likeness (QED) is 0.567. The molecule has 1 aliphatic carbocycles. The van der Waals surface area contributed by atoms with E-state index in [4.69, 9.17) is 5.73 Å². The summed E-state index contributed by atoms with van der Waals surface area (Å²) in [5.41, 5.74) is 10.00. The summed E-state index contributed by atoms with van der Waals surface area (Å²) in [7, 11) is -3.41. The Kier molecular flexibility index (Phi) is 6.39. The number of rotatable bonds is 5. The molecule has 0 amide bonds. The van der Waals surface area contributed by atoms with E-state index in [1.54, 1.807) is 28.6 Å². The average molecular weight is 427 g/mol. The molecule has 4 rings (SSSR count). The molecule has 1 saturated heterocycles. The first-order valence-electron chi connectivity index (χ1n) is 10.8. The monoisotopic (exact) mass is 426 g/mol. The van der Waals surface area contributed by atoms with Crippen LogP contribution < -0.4 is 11.1 Å². The highest BCUT2D eigenvalue weighted by Crippen LogP contribution is 2.28. The highest BCUT2D eigenvalue weighted by Gasteiger charge is 2.29. The van der Waals surface area contributed by atoms with Crippen molar-refractivity contribution in [2.75, 3.05) is 25.0 Å². The van der Waals surface area contributed by atoms with E-state index in [9.17, 15) is 8.42 Å². The van der Waals surface area contributed by atoms with E-state index >= 15 is 0 Å². The second-order valence-electron chi connectivity index (χ2n) is 8.16. The van der Waals surface area contributed by atoms with Crippen molar-refractivity contribution in [1.82, 2.24) is 4.31 Å². The van der Waals surface area contributed by atoms with Gasteiger partial charge in [-0.3, -0.25) is 4.99 Å². The SMILES string of the molecule is NC(=NCC1CCN(S(=O)(=O)c2ccccc2)CC1)Nc1cccc2c1CCCC2. The number of nitrogens with two attached hydrogens (primary N) is 1. The van der Waals surface area contributed by atoms with Gasteiger partial charge < -0.3 is 11.1 Å². The third kappa shape index (κ3) is 4.68. The maximum atomic E-state index is 12.7. The van der Waals surface area contributed by atoms with Crippen molar-refractivity contribution >= 4 is 21.7 Å². The largest absolute Gasteiger partial charge is 0.370 e. The standard InChI is InChI=1S/C23H30N4O2S/c24-23(26-22-12-6-8-19-7-4-5-11-21(19)22)25-17-18-13-15-27(16-14-18)30(28,29)20-9-2-1-3-10-20/h1-3,6,8-10,12,18H,4-5,7,11,13-17H2,(H3,24,25,26). The molecule has 6 nitrogen and oxygen atoms in total. The molecule has 3 N–H and O–H groups in total. The van der Waals surface area contributed by atoms with Gasteiger partial charge >= 0.3 is 0 Å². The lowest BCUT2D eigenvalue weighted by molar-refractivity contribution is 0.279. The van der Waals surface area contributed by atoms with E-state index in [1.165, 1.54) is 24.0 Å². The predicted molar refractivity (Wildman–Crippen MR) is 121 cm³/mol. The Morgan fingerprint density at radius 2 is 1.77 bits per heavy atom. The number of nitrogens with one attached hydrogen (secondary N) is 1. The second kappa shape index (κ2) is 9.18. The van der Waals surface area contributed by atoms with Gasteiger partial charge in [0.05, 0.1) is 4.90 Å². The summed E-state index contributed by atoms with van der Waals surface area (Å²) in [4.78, 5) is 4.91. The maximum absolute atomic E-state index is 12.7. The van der Waals surface area contributed by atoms with Crippen LogP contribution in [-0.4, -0.2) is 38.3 Å². The minimum atomic E-state index is -3.41. The van der Waals surface area contributed by atoms with Gasteiger partial charge in [0, 0.05) is 25.3 Å². The number of guanidine groups is 1. The zero-order valence-corrected chi connectivity index (χ0v) is 18.1. The van der Waals surface area contributed by atoms with Crippen molar-refractivity contribution in [3.63, 3.8) is 0 Å². The van der Waals surface area contributed by atoms with E-state index in [0.29, 0.717) is 36.4 Å². The summed E-state index contributed by atoms with van der Waals surface area (Å²) in [5.74, 6) is 0.783. The molecule has 0 spiro atoms. The normalized spacial score (nSPS) is 18.7. The van der Waals surface area contributed by atoms with E-state index in [2.05, 4.69) is 28.5 Å². The number of aliphatic imine (C=N–C) groups is 1. The van der Waals surface area contributed by atoms with Gasteiger partial charge in [-0.2, -0.15) is 4.31 Å². The van der Waals surface area contributed by atoms with Crippen LogP contribution in [0.5, 0.6) is 0 Å². The van der Waals surface area contributed by atoms with Crippen molar-refractivity contribution in [3.8, 4) is 0 Å². The number of fused-ring (bicyclic) bond motifs is 1. The van der Waals surface area contributed by atoms with E-state index in [1.807, 2.05) is 6.07 Å². The Bertz CT molecular complexity index is 997. The van der Waals surface area contributed by atoms with Crippen molar-refractivity contribution in [2.24, 2.45) is 16.6 Å². The minimum absolute atomic E-state index is 0.345. The molecule has 1 fully saturated rings. The molecular weight excluding hydrogens is 396 g/mol. The molecule has 1 heterocycles. The Morgan fingerprint density at radius 3 is 2.53 bits per heavy atom. The van der Waals surface area contributed by atoms with Gasteiger partial charge in [0.2, 0.25) is 10.0 Å². The molecule has 0 aromatic heterocycles. The zero-order valence-electron chi connectivity index (χ0n) is 17.3. The van der Waals surface area contributed by atoms with Crippen molar-refractivity contribution in [2.45, 2.75) is 43.4 Å². The van der Waals surface area contributed by atoms with E-state index < -0.39 is 10.0 Å². The van der Waals surface area contributed by atoms with Crippen LogP contribution in [0, 0.1) is 5.92 Å². The molecule has 1 aliphatic heterocycles. The Balaban J connectivity index is 1.32. The first-order chi connectivity index (χ1) is 14.5. The summed E-state index contributed by atoms with van der Waals surface area (Å²) >= 11 is 0. The topological polar surface area (TPSA) is 87.8 Å². The molecular formula is C23H30N4O2S. The Labute approximate surface area is 179 Å². The molecule has 2 aromatic rings. The molecule has 30 heavy (non-hydrogen) atoms. The van der Waals surface area contributed by atoms with Crippen molar-refractivity contribution in [1.29, 1.82) is 0 Å². The second-order valence-corrected chi connectivity index (χ2v) is 10.1. The number of piperidine rings is 1. The predicted octanol–water partition coefficient (Wildman–Crippen LogP) is 3.39. The molecule has 0 atom stereocenters. The fourth-order valence-corrected chi connectivity index (χ4v) is 5.87. The molecule has 160 valence electrons. The van der Waals surface area contributed by atoms with Gasteiger partial charge in [-0.1, -0.05) is 30.3 Å². The van der Waals surface area contributed by atoms with Crippen LogP contribution in [0.1, 0.15) is 36.8 Å². The van der Waals surface area contributed by atoms with Gasteiger partial charge in [0.25, 0.3) is 0 Å². The fourth-order valence-electron chi connectivity index (χ4n) is 4.38. The lowest BCUT2D eigenvalue weighted by Gasteiger charge is -2.30. The fraction of sp³-hybridized carbons (Fsp3) is 0.435. The van der Waals surface area contributed by atoms with Crippen LogP contribution in [0.15, 0.2) is 58.4 Å². The summed E-state index contributed by atoms with van der Waals surface area (Å²) in [5, 5.41) is 3.29. The number of aryl methyl sites for hydroxylation is 1. The number of hydrogen-bond donors (Lipinski definition) is 2. The lowest BCUT2D eigenvalue weighted by atomic mass is 9.90. The number of nitrogens with zero attached hydrogens (tertiary/aromatic N) is 2. The molecule has 0 bridgehead atoms. The van der Waals surface area contributed by atoms with E-state index in [-0.39, 0.29) is 0 Å². The highest BCUT2D eigenvalue weighted by molar-refractivity contribution is 7.89. The van der Waals surface area contributed by atoms with Gasteiger partial charge in [-0.25, -0.2) is 8.42 Å². The first kappa shape index (κ1) is 20.9. The molecule has 7 heteroatoms. The summed E-state index contributed by atoms with van der Waals surface area (Å²) in [6.45, 7) is 1.67. The lowest BCUT2D eigenvalue weighted by Crippen LogP contribution is -2.39. The maximum Gasteiger partial charge on any atom is 0.243 e. The van der Waals surface area contributed by atoms with Crippen LogP contribution in [0.4, 0.5) is 5.69 Å². The number of sulfonamides is 1. The summed E-state index contributed by atoms with van der Waals surface area (Å²) in [6.07, 6.45) is 6.27. The zero-order chi connectivity index (χ0) is 21.0. The molecule has 0 unspecified atom stereocenters. The van der Waals surface area contributed by atoms with Crippen LogP contribution in [0.3, 0.4) is 0 Å². The first-order valence-corrected chi connectivity index (χ1v) is 12.2. The van der Waals surface area contributed by atoms with Crippen LogP contribution >= 0.6 is 0 Å².